The molecule has 104 valence electrons. The lowest BCUT2D eigenvalue weighted by atomic mass is 10.1. The Kier molecular flexibility index (Phi) is 4.47. The highest BCUT2D eigenvalue weighted by molar-refractivity contribution is 5.78. The summed E-state index contributed by atoms with van der Waals surface area (Å²) in [6.07, 6.45) is 5.14. The number of aromatic amines is 1. The normalized spacial score (nSPS) is 9.57. The third-order valence-electron chi connectivity index (χ3n) is 3.00. The Bertz CT molecular complexity index is 812. The summed E-state index contributed by atoms with van der Waals surface area (Å²) in [5.74, 6) is -0.348. The van der Waals surface area contributed by atoms with Crippen molar-refractivity contribution in [3.8, 4) is 6.07 Å². The lowest BCUT2D eigenvalue weighted by Crippen LogP contribution is -1.82. The van der Waals surface area contributed by atoms with Crippen LogP contribution in [0.4, 0.5) is 4.39 Å². The average Bonchev–Trinajstić information content (AvgIpc) is 2.90. The highest BCUT2D eigenvalue weighted by atomic mass is 19.1. The molecular formula is C17H14FN3. The number of nitrogens with one attached hydrogen (secondary N) is 1. The summed E-state index contributed by atoms with van der Waals surface area (Å²) in [6, 6.07) is 10.1. The summed E-state index contributed by atoms with van der Waals surface area (Å²) < 4.78 is 12.7. The molecule has 0 amide bonds. The van der Waals surface area contributed by atoms with Crippen LogP contribution >= 0.6 is 0 Å². The molecule has 1 aromatic carbocycles. The fourth-order valence-electron chi connectivity index (χ4n) is 1.86. The monoisotopic (exact) mass is 279 g/mol. The van der Waals surface area contributed by atoms with Crippen LogP contribution in [-0.2, 0) is 0 Å². The van der Waals surface area contributed by atoms with Crippen molar-refractivity contribution in [2.45, 2.75) is 6.92 Å². The Morgan fingerprint density at radius 1 is 1.38 bits per heavy atom. The molecule has 0 saturated heterocycles. The first-order chi connectivity index (χ1) is 10.2. The van der Waals surface area contributed by atoms with Crippen molar-refractivity contribution in [1.29, 1.82) is 5.26 Å². The van der Waals surface area contributed by atoms with Crippen molar-refractivity contribution in [1.82, 2.24) is 9.97 Å². The van der Waals surface area contributed by atoms with E-state index >= 15 is 0 Å². The van der Waals surface area contributed by atoms with E-state index in [9.17, 15) is 4.39 Å². The summed E-state index contributed by atoms with van der Waals surface area (Å²) in [6.45, 7) is 5.49. The van der Waals surface area contributed by atoms with Gasteiger partial charge in [0.15, 0.2) is 0 Å². The second kappa shape index (κ2) is 6.49. The topological polar surface area (TPSA) is 52.5 Å². The molecular weight excluding hydrogens is 265 g/mol. The van der Waals surface area contributed by atoms with E-state index in [1.807, 2.05) is 18.3 Å². The number of aryl methyl sites for hydroxylation is 1. The summed E-state index contributed by atoms with van der Waals surface area (Å²) in [7, 11) is 0. The average molecular weight is 279 g/mol. The zero-order valence-corrected chi connectivity index (χ0v) is 11.6. The van der Waals surface area contributed by atoms with Gasteiger partial charge in [0.1, 0.15) is 11.5 Å². The maximum Gasteiger partial charge on any atom is 0.137 e. The number of nitrogens with zero attached hydrogens (tertiary/aromatic N) is 2. The van der Waals surface area contributed by atoms with Crippen molar-refractivity contribution in [2.75, 3.05) is 0 Å². The first-order valence-corrected chi connectivity index (χ1v) is 6.36. The summed E-state index contributed by atoms with van der Waals surface area (Å²) in [5, 5.41) is 9.65. The minimum atomic E-state index is -0.348. The second-order valence-electron chi connectivity index (χ2n) is 4.42. The molecule has 3 nitrogen and oxygen atoms in total. The molecule has 0 radical (unpaired) electrons. The Balaban J connectivity index is 0.000000154. The second-order valence-corrected chi connectivity index (χ2v) is 4.42. The Morgan fingerprint density at radius 3 is 2.86 bits per heavy atom. The van der Waals surface area contributed by atoms with Crippen molar-refractivity contribution in [3.63, 3.8) is 0 Å². The van der Waals surface area contributed by atoms with Gasteiger partial charge in [-0.1, -0.05) is 12.7 Å². The molecule has 0 aliphatic rings. The molecule has 0 aliphatic heterocycles. The molecule has 0 fully saturated rings. The number of H-pyrrole nitrogens is 1. The predicted octanol–water partition coefficient (Wildman–Crippen LogP) is 4.21. The molecule has 0 atom stereocenters. The summed E-state index contributed by atoms with van der Waals surface area (Å²) in [5.41, 5.74) is 3.04. The van der Waals surface area contributed by atoms with Crippen LogP contribution in [-0.4, -0.2) is 9.97 Å². The Hall–Kier alpha value is -2.93. The quantitative estimate of drug-likeness (QED) is 0.725. The predicted molar refractivity (Wildman–Crippen MR) is 82.0 cm³/mol. The van der Waals surface area contributed by atoms with E-state index in [1.54, 1.807) is 6.20 Å². The molecule has 0 bridgehead atoms. The minimum Gasteiger partial charge on any atom is -0.346 e. The largest absolute Gasteiger partial charge is 0.346 e. The van der Waals surface area contributed by atoms with Crippen LogP contribution in [0.15, 0.2) is 49.3 Å². The first kappa shape index (κ1) is 14.5. The van der Waals surface area contributed by atoms with Crippen molar-refractivity contribution in [3.05, 3.63) is 71.8 Å². The van der Waals surface area contributed by atoms with Gasteiger partial charge < -0.3 is 4.98 Å². The van der Waals surface area contributed by atoms with E-state index < -0.39 is 0 Å². The number of hydrogen-bond donors (Lipinski definition) is 1. The summed E-state index contributed by atoms with van der Waals surface area (Å²) >= 11 is 0. The standard InChI is InChI=1S/C9H6FN.C8H8N2/c1-2-8-5-7(6-11)3-4-9(8)10;1-6-5-10-8-7(6)3-2-4-9-8/h2-5H,1H2;2-5H,1H3,(H,9,10). The number of rotatable bonds is 1. The van der Waals surface area contributed by atoms with Crippen LogP contribution in [0.3, 0.4) is 0 Å². The van der Waals surface area contributed by atoms with Gasteiger partial charge in [-0.15, -0.1) is 0 Å². The fraction of sp³-hybridized carbons (Fsp3) is 0.0588. The SMILES string of the molecule is C=Cc1cc(C#N)ccc1F.Cc1c[nH]c2ncccc12. The fourth-order valence-corrected chi connectivity index (χ4v) is 1.86. The molecule has 0 aliphatic carbocycles. The smallest absolute Gasteiger partial charge is 0.137 e. The molecule has 2 heterocycles. The molecule has 4 heteroatoms. The van der Waals surface area contributed by atoms with Crippen LogP contribution in [0.5, 0.6) is 0 Å². The van der Waals surface area contributed by atoms with Gasteiger partial charge in [-0.05, 0) is 42.8 Å². The molecule has 3 aromatic rings. The highest BCUT2D eigenvalue weighted by Crippen LogP contribution is 2.13. The van der Waals surface area contributed by atoms with E-state index in [1.165, 1.54) is 35.2 Å². The maximum atomic E-state index is 12.7. The lowest BCUT2D eigenvalue weighted by molar-refractivity contribution is 0.625. The molecule has 0 spiro atoms. The summed E-state index contributed by atoms with van der Waals surface area (Å²) in [4.78, 5) is 7.22. The van der Waals surface area contributed by atoms with Crippen LogP contribution in [0.2, 0.25) is 0 Å². The van der Waals surface area contributed by atoms with E-state index in [0.29, 0.717) is 11.1 Å². The maximum absolute atomic E-state index is 12.7. The van der Waals surface area contributed by atoms with Crippen molar-refractivity contribution < 1.29 is 4.39 Å². The van der Waals surface area contributed by atoms with Gasteiger partial charge in [-0.3, -0.25) is 0 Å². The van der Waals surface area contributed by atoms with Crippen LogP contribution in [0.1, 0.15) is 16.7 Å². The number of hydrogen-bond acceptors (Lipinski definition) is 2. The zero-order valence-electron chi connectivity index (χ0n) is 11.6. The van der Waals surface area contributed by atoms with Crippen molar-refractivity contribution >= 4 is 17.1 Å². The first-order valence-electron chi connectivity index (χ1n) is 6.36. The molecule has 1 N–H and O–H groups in total. The molecule has 3 rings (SSSR count). The molecule has 21 heavy (non-hydrogen) atoms. The van der Waals surface area contributed by atoms with Gasteiger partial charge in [-0.25, -0.2) is 9.37 Å². The molecule has 2 aromatic heterocycles. The van der Waals surface area contributed by atoms with Crippen molar-refractivity contribution in [2.24, 2.45) is 0 Å². The highest BCUT2D eigenvalue weighted by Gasteiger charge is 1.98. The number of fused-ring (bicyclic) bond motifs is 1. The minimum absolute atomic E-state index is 0.348. The van der Waals surface area contributed by atoms with Gasteiger partial charge in [0, 0.05) is 23.3 Å². The lowest BCUT2D eigenvalue weighted by Gasteiger charge is -1.94. The number of pyridine rings is 1. The number of aromatic nitrogens is 2. The van der Waals surface area contributed by atoms with Crippen LogP contribution in [0, 0.1) is 24.1 Å². The van der Waals surface area contributed by atoms with E-state index in [2.05, 4.69) is 29.5 Å². The molecule has 0 saturated carbocycles. The number of benzene rings is 1. The van der Waals surface area contributed by atoms with Gasteiger partial charge in [0.25, 0.3) is 0 Å². The third kappa shape index (κ3) is 3.34. The van der Waals surface area contributed by atoms with Gasteiger partial charge >= 0.3 is 0 Å². The molecule has 0 unspecified atom stereocenters. The number of halogens is 1. The van der Waals surface area contributed by atoms with E-state index in [0.717, 1.165) is 5.65 Å². The Labute approximate surface area is 122 Å². The van der Waals surface area contributed by atoms with Gasteiger partial charge in [0.2, 0.25) is 0 Å². The van der Waals surface area contributed by atoms with Crippen LogP contribution < -0.4 is 0 Å². The van der Waals surface area contributed by atoms with Gasteiger partial charge in [-0.2, -0.15) is 5.26 Å². The van der Waals surface area contributed by atoms with E-state index in [4.69, 9.17) is 5.26 Å². The number of nitriles is 1. The van der Waals surface area contributed by atoms with Gasteiger partial charge in [0.05, 0.1) is 11.6 Å². The van der Waals surface area contributed by atoms with E-state index in [-0.39, 0.29) is 5.82 Å². The zero-order chi connectivity index (χ0) is 15.2. The van der Waals surface area contributed by atoms with Crippen LogP contribution in [0.25, 0.3) is 17.1 Å². The Morgan fingerprint density at radius 2 is 2.19 bits per heavy atom. The third-order valence-corrected chi connectivity index (χ3v) is 3.00.